The molecule has 234 valence electrons. The number of carbonyl (C=O) groups excluding carboxylic acids is 1. The van der Waals surface area contributed by atoms with Crippen LogP contribution in [0.3, 0.4) is 0 Å². The third kappa shape index (κ3) is 8.05. The van der Waals surface area contributed by atoms with Gasteiger partial charge < -0.3 is 19.7 Å². The minimum Gasteiger partial charge on any atom is -0.485 e. The van der Waals surface area contributed by atoms with Crippen molar-refractivity contribution in [2.24, 2.45) is 5.92 Å². The van der Waals surface area contributed by atoms with Gasteiger partial charge >= 0.3 is 0 Å². The third-order valence-corrected chi connectivity index (χ3v) is 8.69. The van der Waals surface area contributed by atoms with Crippen LogP contribution in [0.2, 0.25) is 0 Å². The van der Waals surface area contributed by atoms with Crippen LogP contribution in [-0.2, 0) is 16.1 Å². The molecule has 1 unspecified atom stereocenters. The normalized spacial score (nSPS) is 19.0. The molecular formula is C34H50N6O3. The van der Waals surface area contributed by atoms with Gasteiger partial charge in [-0.1, -0.05) is 33.6 Å². The fraction of sp³-hybridized carbons (Fsp3) is 0.618. The van der Waals surface area contributed by atoms with Crippen molar-refractivity contribution >= 4 is 23.0 Å². The first-order chi connectivity index (χ1) is 20.8. The van der Waals surface area contributed by atoms with E-state index in [0.29, 0.717) is 12.6 Å². The summed E-state index contributed by atoms with van der Waals surface area (Å²) < 4.78 is 11.9. The highest BCUT2D eigenvalue weighted by Crippen LogP contribution is 2.40. The number of ketones is 1. The Morgan fingerprint density at radius 3 is 2.53 bits per heavy atom. The summed E-state index contributed by atoms with van der Waals surface area (Å²) in [6, 6.07) is 5.24. The third-order valence-electron chi connectivity index (χ3n) is 8.69. The maximum absolute atomic E-state index is 10.6. The van der Waals surface area contributed by atoms with E-state index in [0.717, 1.165) is 86.6 Å². The van der Waals surface area contributed by atoms with E-state index in [1.54, 1.807) is 6.92 Å². The van der Waals surface area contributed by atoms with Crippen LogP contribution < -0.4 is 15.0 Å². The standard InChI is InChI=1S/C27H40N6O2.C7H10O/c1-5-20(6-2)32-10-8-25(31(4)11-12-32)22-17-23-26(19(3)29-22)35-18-21-24(7-9-28-27(21)30-23)33-13-15-34-16-14-33;1-4-5-7(8)6(2)3/h7,9,17,20,25H,5-6,8,10-16,18H2,1-4H3,(H,28,30);6H,1-3H3. The Morgan fingerprint density at radius 2 is 1.88 bits per heavy atom. The van der Waals surface area contributed by atoms with E-state index in [2.05, 4.69) is 71.8 Å². The number of fused-ring (bicyclic) bond motifs is 2. The zero-order chi connectivity index (χ0) is 30.9. The molecule has 2 saturated heterocycles. The van der Waals surface area contributed by atoms with Crippen LogP contribution >= 0.6 is 0 Å². The first-order valence-corrected chi connectivity index (χ1v) is 15.9. The quantitative estimate of drug-likeness (QED) is 0.353. The van der Waals surface area contributed by atoms with Gasteiger partial charge in [0.2, 0.25) is 5.78 Å². The number of nitrogens with zero attached hydrogens (tertiary/aromatic N) is 5. The van der Waals surface area contributed by atoms with Gasteiger partial charge in [-0.25, -0.2) is 4.98 Å². The molecule has 3 aliphatic heterocycles. The summed E-state index contributed by atoms with van der Waals surface area (Å²) >= 11 is 0. The lowest BCUT2D eigenvalue weighted by atomic mass is 10.1. The molecule has 0 amide bonds. The van der Waals surface area contributed by atoms with Gasteiger partial charge in [0.05, 0.1) is 41.9 Å². The Morgan fingerprint density at radius 1 is 1.14 bits per heavy atom. The second-order valence-corrected chi connectivity index (χ2v) is 11.9. The van der Waals surface area contributed by atoms with Crippen LogP contribution in [0.25, 0.3) is 0 Å². The molecule has 9 nitrogen and oxygen atoms in total. The average molecular weight is 591 g/mol. The van der Waals surface area contributed by atoms with Crippen molar-refractivity contribution in [2.45, 2.75) is 79.5 Å². The van der Waals surface area contributed by atoms with Crippen LogP contribution in [0, 0.1) is 24.7 Å². The summed E-state index contributed by atoms with van der Waals surface area (Å²) in [7, 11) is 2.24. The molecule has 0 radical (unpaired) electrons. The number of ether oxygens (including phenoxy) is 2. The monoisotopic (exact) mass is 590 g/mol. The van der Waals surface area contributed by atoms with Gasteiger partial charge in [-0.2, -0.15) is 0 Å². The number of pyridine rings is 2. The van der Waals surface area contributed by atoms with Crippen LogP contribution in [0.5, 0.6) is 5.75 Å². The number of aryl methyl sites for hydroxylation is 1. The zero-order valence-electron chi connectivity index (χ0n) is 27.2. The van der Waals surface area contributed by atoms with Crippen molar-refractivity contribution < 1.29 is 14.3 Å². The highest BCUT2D eigenvalue weighted by molar-refractivity contribution is 5.96. The van der Waals surface area contributed by atoms with Crippen LogP contribution in [-0.4, -0.2) is 84.6 Å². The van der Waals surface area contributed by atoms with Gasteiger partial charge in [-0.3, -0.25) is 19.6 Å². The summed E-state index contributed by atoms with van der Waals surface area (Å²) in [5.41, 5.74) is 5.28. The lowest BCUT2D eigenvalue weighted by Gasteiger charge is -2.30. The molecule has 0 spiro atoms. The zero-order valence-corrected chi connectivity index (χ0v) is 27.2. The molecule has 1 atom stereocenters. The Labute approximate surface area is 258 Å². The molecule has 0 aromatic carbocycles. The maximum atomic E-state index is 10.6. The van der Waals surface area contributed by atoms with Gasteiger partial charge in [0.1, 0.15) is 12.4 Å². The topological polar surface area (TPSA) is 83.1 Å². The minimum absolute atomic E-state index is 0.0208. The maximum Gasteiger partial charge on any atom is 0.207 e. The number of likely N-dealkylation sites (N-methyl/N-ethyl adjacent to an activating group) is 1. The second kappa shape index (κ2) is 15.5. The van der Waals surface area contributed by atoms with E-state index in [1.807, 2.05) is 20.0 Å². The molecule has 3 aliphatic rings. The summed E-state index contributed by atoms with van der Waals surface area (Å²) in [6.07, 6.45) is 5.39. The number of Topliss-reactive ketones (excluding diaryl/α,β-unsaturated/α-hetero) is 1. The summed E-state index contributed by atoms with van der Waals surface area (Å²) in [5.74, 6) is 6.79. The molecule has 0 saturated carbocycles. The van der Waals surface area contributed by atoms with Gasteiger partial charge in [-0.05, 0) is 58.2 Å². The molecule has 0 bridgehead atoms. The predicted octanol–water partition coefficient (Wildman–Crippen LogP) is 5.36. The van der Waals surface area contributed by atoms with E-state index in [9.17, 15) is 4.79 Å². The van der Waals surface area contributed by atoms with E-state index >= 15 is 0 Å². The van der Waals surface area contributed by atoms with E-state index in [1.165, 1.54) is 18.5 Å². The van der Waals surface area contributed by atoms with E-state index in [-0.39, 0.29) is 17.7 Å². The number of anilines is 3. The Hall–Kier alpha value is -3.19. The fourth-order valence-electron chi connectivity index (χ4n) is 6.11. The molecule has 9 heteroatoms. The molecule has 1 N–H and O–H groups in total. The number of hydrogen-bond acceptors (Lipinski definition) is 9. The lowest BCUT2D eigenvalue weighted by Crippen LogP contribution is -2.37. The Kier molecular flexibility index (Phi) is 11.8. The van der Waals surface area contributed by atoms with Crippen molar-refractivity contribution in [3.8, 4) is 17.6 Å². The average Bonchev–Trinajstić information content (AvgIpc) is 3.32. The first kappa shape index (κ1) is 32.7. The van der Waals surface area contributed by atoms with Crippen LogP contribution in [0.15, 0.2) is 18.3 Å². The van der Waals surface area contributed by atoms with E-state index < -0.39 is 0 Å². The SMILES string of the molecule is CC#CC(=O)C(C)C.CCC(CC)N1CCC(c2cc3c(c(C)n2)OCc2c(N4CCOCC4)ccnc2N3)N(C)CC1. The van der Waals surface area contributed by atoms with Gasteiger partial charge in [0.25, 0.3) is 0 Å². The van der Waals surface area contributed by atoms with Crippen LogP contribution in [0.4, 0.5) is 17.2 Å². The predicted molar refractivity (Wildman–Crippen MR) is 173 cm³/mol. The van der Waals surface area contributed by atoms with Gasteiger partial charge in [0.15, 0.2) is 5.75 Å². The summed E-state index contributed by atoms with van der Waals surface area (Å²) in [6.45, 7) is 19.0. The minimum atomic E-state index is 0.0208. The molecular weight excluding hydrogens is 540 g/mol. The van der Waals surface area contributed by atoms with Crippen molar-refractivity contribution in [3.63, 3.8) is 0 Å². The number of carbonyl (C=O) groups is 1. The summed E-state index contributed by atoms with van der Waals surface area (Å²) in [5, 5.41) is 3.62. The lowest BCUT2D eigenvalue weighted by molar-refractivity contribution is -0.116. The smallest absolute Gasteiger partial charge is 0.207 e. The molecule has 2 aromatic rings. The second-order valence-electron chi connectivity index (χ2n) is 11.9. The number of morpholine rings is 1. The number of rotatable bonds is 6. The van der Waals surface area contributed by atoms with Crippen molar-refractivity contribution in [3.05, 3.63) is 35.3 Å². The van der Waals surface area contributed by atoms with Crippen molar-refractivity contribution in [2.75, 3.05) is 63.2 Å². The Balaban J connectivity index is 0.000000467. The Bertz CT molecular complexity index is 1290. The van der Waals surface area contributed by atoms with Gasteiger partial charge in [-0.15, -0.1) is 0 Å². The number of nitrogens with one attached hydrogen (secondary N) is 1. The molecule has 5 heterocycles. The molecule has 43 heavy (non-hydrogen) atoms. The molecule has 0 aliphatic carbocycles. The number of aromatic nitrogens is 2. The van der Waals surface area contributed by atoms with Crippen molar-refractivity contribution in [1.29, 1.82) is 0 Å². The van der Waals surface area contributed by atoms with Gasteiger partial charge in [0, 0.05) is 56.6 Å². The molecule has 5 rings (SSSR count). The molecule has 2 fully saturated rings. The van der Waals surface area contributed by atoms with E-state index in [4.69, 9.17) is 19.4 Å². The van der Waals surface area contributed by atoms with Crippen LogP contribution in [0.1, 0.15) is 76.9 Å². The number of hydrogen-bond donors (Lipinski definition) is 1. The highest BCUT2D eigenvalue weighted by atomic mass is 16.5. The molecule has 2 aromatic heterocycles. The highest BCUT2D eigenvalue weighted by Gasteiger charge is 2.29. The first-order valence-electron chi connectivity index (χ1n) is 15.9. The summed E-state index contributed by atoms with van der Waals surface area (Å²) in [4.78, 5) is 27.8. The largest absolute Gasteiger partial charge is 0.485 e. The van der Waals surface area contributed by atoms with Crippen molar-refractivity contribution in [1.82, 2.24) is 19.8 Å². The fourth-order valence-corrected chi connectivity index (χ4v) is 6.11.